The number of alkyl carbamates (subject to hydrolysis) is 1. The lowest BCUT2D eigenvalue weighted by Crippen LogP contribution is -2.56. The van der Waals surface area contributed by atoms with E-state index in [1.165, 1.54) is 17.0 Å². The van der Waals surface area contributed by atoms with Gasteiger partial charge in [-0.1, -0.05) is 40.9 Å². The van der Waals surface area contributed by atoms with Crippen molar-refractivity contribution >= 4 is 49.9 Å². The number of esters is 1. The Morgan fingerprint density at radius 2 is 1.76 bits per heavy atom. The van der Waals surface area contributed by atoms with Gasteiger partial charge >= 0.3 is 12.1 Å². The van der Waals surface area contributed by atoms with Gasteiger partial charge in [-0.2, -0.15) is 8.42 Å². The highest BCUT2D eigenvalue weighted by Crippen LogP contribution is 2.46. The summed E-state index contributed by atoms with van der Waals surface area (Å²) in [6.07, 6.45) is 9.00. The predicted octanol–water partition coefficient (Wildman–Crippen LogP) is 4.12. The number of allylic oxidation sites excluding steroid dienone is 1. The minimum absolute atomic E-state index is 0.0704. The van der Waals surface area contributed by atoms with Gasteiger partial charge in [0.2, 0.25) is 11.8 Å². The van der Waals surface area contributed by atoms with Crippen LogP contribution in [0.4, 0.5) is 4.79 Å². The number of fused-ring (bicyclic) bond motifs is 2. The highest BCUT2D eigenvalue weighted by molar-refractivity contribution is 9.10. The monoisotopic (exact) mass is 723 g/mol. The quantitative estimate of drug-likeness (QED) is 0.240. The van der Waals surface area contributed by atoms with Crippen molar-refractivity contribution in [1.29, 1.82) is 0 Å². The molecule has 14 heteroatoms. The molecule has 5 rings (SSSR count). The van der Waals surface area contributed by atoms with E-state index < -0.39 is 57.7 Å². The number of carbonyl (C=O) groups excluding carboxylic acids is 4. The molecule has 0 radical (unpaired) electrons. The van der Waals surface area contributed by atoms with Gasteiger partial charge in [0.05, 0.1) is 17.6 Å². The van der Waals surface area contributed by atoms with Crippen molar-refractivity contribution in [2.45, 2.75) is 112 Å². The van der Waals surface area contributed by atoms with Gasteiger partial charge in [0, 0.05) is 23.4 Å². The normalized spacial score (nSPS) is 29.8. The molecule has 0 bridgehead atoms. The number of carbonyl (C=O) groups is 4. The number of hydrogen-bond acceptors (Lipinski definition) is 9. The summed E-state index contributed by atoms with van der Waals surface area (Å²) >= 11 is 3.29. The Morgan fingerprint density at radius 3 is 2.48 bits per heavy atom. The van der Waals surface area contributed by atoms with Gasteiger partial charge in [0.15, 0.2) is 0 Å². The summed E-state index contributed by atoms with van der Waals surface area (Å²) in [6, 6.07) is 3.77. The Balaban J connectivity index is 1.41. The third kappa shape index (κ3) is 8.11. The average Bonchev–Trinajstić information content (AvgIpc) is 3.30. The molecule has 252 valence electrons. The summed E-state index contributed by atoms with van der Waals surface area (Å²) in [7, 11) is -4.24. The number of halogens is 1. The third-order valence-corrected chi connectivity index (χ3v) is 11.0. The Morgan fingerprint density at radius 1 is 1.04 bits per heavy atom. The molecule has 12 nitrogen and oxygen atoms in total. The van der Waals surface area contributed by atoms with Gasteiger partial charge in [-0.3, -0.25) is 13.8 Å². The van der Waals surface area contributed by atoms with E-state index in [4.69, 9.17) is 13.7 Å². The first-order chi connectivity index (χ1) is 22.0. The van der Waals surface area contributed by atoms with Crippen LogP contribution in [0.2, 0.25) is 0 Å². The van der Waals surface area contributed by atoms with Crippen LogP contribution < -0.4 is 10.6 Å². The second-order valence-corrected chi connectivity index (χ2v) is 14.9. The van der Waals surface area contributed by atoms with Crippen LogP contribution in [0.3, 0.4) is 0 Å². The molecular weight excluding hydrogens is 682 g/mol. The standard InChI is InChI=1S/C32H42BrN3O9S/c1-2-43-30(39)32-19-21(32)10-6-4-3-5-7-13-26(34-31(40)44-23-11-8-9-12-23)29(38)36-20-24(18-27(36)28(37)35-32)45-46(41,42)25-16-14-22(33)15-17-25/h6,10,14-17,21,23-24,26-27H,2-5,7-9,11-13,18-20H2,1H3,(H,34,40)(H,35,37)/b10-6-/t21-,24-,26-,27-,32+/m0/s1. The van der Waals surface area contributed by atoms with Crippen molar-refractivity contribution in [2.75, 3.05) is 13.2 Å². The summed E-state index contributed by atoms with van der Waals surface area (Å²) in [6.45, 7) is 1.61. The van der Waals surface area contributed by atoms with E-state index in [2.05, 4.69) is 26.6 Å². The van der Waals surface area contributed by atoms with Gasteiger partial charge < -0.3 is 25.0 Å². The summed E-state index contributed by atoms with van der Waals surface area (Å²) in [4.78, 5) is 55.3. The van der Waals surface area contributed by atoms with Crippen molar-refractivity contribution in [3.8, 4) is 0 Å². The molecule has 3 amide bonds. The van der Waals surface area contributed by atoms with E-state index in [0.717, 1.165) is 44.9 Å². The Bertz CT molecular complexity index is 1430. The first kappa shape index (κ1) is 34.4. The zero-order chi connectivity index (χ0) is 32.9. The SMILES string of the molecule is CCOC(=O)[C@@]12C[C@@H]1/C=C\CCCCC[C@H](NC(=O)OC1CCCC1)C(=O)N1C[C@@H](OS(=O)(=O)c3ccc(Br)cc3)C[C@H]1C(=O)N2. The maximum absolute atomic E-state index is 14.2. The number of nitrogens with one attached hydrogen (secondary N) is 2. The highest BCUT2D eigenvalue weighted by Gasteiger charge is 2.62. The zero-order valence-corrected chi connectivity index (χ0v) is 28.4. The molecule has 2 aliphatic carbocycles. The molecule has 0 aromatic heterocycles. The van der Waals surface area contributed by atoms with E-state index in [1.807, 2.05) is 12.2 Å². The minimum atomic E-state index is -4.24. The minimum Gasteiger partial charge on any atom is -0.464 e. The third-order valence-electron chi connectivity index (χ3n) is 9.11. The molecule has 4 aliphatic rings. The molecule has 46 heavy (non-hydrogen) atoms. The first-order valence-corrected chi connectivity index (χ1v) is 18.3. The topological polar surface area (TPSA) is 157 Å². The maximum atomic E-state index is 14.2. The Labute approximate surface area is 278 Å². The summed E-state index contributed by atoms with van der Waals surface area (Å²) in [5.41, 5.74) is -1.27. The molecule has 2 aliphatic heterocycles. The fourth-order valence-electron chi connectivity index (χ4n) is 6.55. The Hall–Kier alpha value is -2.97. The molecular formula is C32H42BrN3O9S. The van der Waals surface area contributed by atoms with Crippen LogP contribution in [-0.2, 0) is 38.2 Å². The summed E-state index contributed by atoms with van der Waals surface area (Å²) in [5.74, 6) is -1.98. The van der Waals surface area contributed by atoms with E-state index >= 15 is 0 Å². The van der Waals surface area contributed by atoms with Crippen LogP contribution in [0.15, 0.2) is 45.8 Å². The number of ether oxygens (including phenoxy) is 2. The number of amides is 3. The van der Waals surface area contributed by atoms with Gasteiger partial charge in [-0.15, -0.1) is 0 Å². The number of benzene rings is 1. The predicted molar refractivity (Wildman–Crippen MR) is 170 cm³/mol. The van der Waals surface area contributed by atoms with Gasteiger partial charge in [0.1, 0.15) is 23.7 Å². The lowest BCUT2D eigenvalue weighted by atomic mass is 10.0. The molecule has 1 saturated heterocycles. The van der Waals surface area contributed by atoms with Crippen molar-refractivity contribution in [1.82, 2.24) is 15.5 Å². The Kier molecular flexibility index (Phi) is 11.1. The van der Waals surface area contributed by atoms with E-state index in [9.17, 15) is 27.6 Å². The molecule has 1 aromatic rings. The largest absolute Gasteiger partial charge is 0.464 e. The van der Waals surface area contributed by atoms with E-state index in [-0.39, 0.29) is 36.5 Å². The lowest BCUT2D eigenvalue weighted by molar-refractivity contribution is -0.150. The van der Waals surface area contributed by atoms with Crippen LogP contribution in [0.25, 0.3) is 0 Å². The van der Waals surface area contributed by atoms with Crippen LogP contribution >= 0.6 is 15.9 Å². The van der Waals surface area contributed by atoms with Gasteiger partial charge in [0.25, 0.3) is 10.1 Å². The van der Waals surface area contributed by atoms with E-state index in [0.29, 0.717) is 23.7 Å². The average molecular weight is 725 g/mol. The van der Waals surface area contributed by atoms with Crippen LogP contribution in [0.5, 0.6) is 0 Å². The number of nitrogens with zero attached hydrogens (tertiary/aromatic N) is 1. The van der Waals surface area contributed by atoms with Gasteiger partial charge in [-0.05, 0) is 82.6 Å². The first-order valence-electron chi connectivity index (χ1n) is 16.1. The maximum Gasteiger partial charge on any atom is 0.408 e. The van der Waals surface area contributed by atoms with Crippen molar-refractivity contribution in [2.24, 2.45) is 5.92 Å². The second kappa shape index (κ2) is 14.8. The van der Waals surface area contributed by atoms with Gasteiger partial charge in [-0.25, -0.2) is 9.59 Å². The molecule has 1 aromatic carbocycles. The van der Waals surface area contributed by atoms with Crippen LogP contribution in [-0.4, -0.2) is 80.2 Å². The molecule has 3 fully saturated rings. The van der Waals surface area contributed by atoms with Crippen molar-refractivity contribution in [3.63, 3.8) is 0 Å². The molecule has 2 N–H and O–H groups in total. The molecule has 0 unspecified atom stereocenters. The zero-order valence-electron chi connectivity index (χ0n) is 26.0. The van der Waals surface area contributed by atoms with E-state index in [1.54, 1.807) is 19.1 Å². The molecule has 2 saturated carbocycles. The molecule has 5 atom stereocenters. The lowest BCUT2D eigenvalue weighted by Gasteiger charge is -2.30. The number of hydrogen-bond donors (Lipinski definition) is 2. The smallest absolute Gasteiger partial charge is 0.408 e. The van der Waals surface area contributed by atoms with Crippen molar-refractivity contribution in [3.05, 3.63) is 40.9 Å². The fourth-order valence-corrected chi connectivity index (χ4v) is 7.89. The summed E-state index contributed by atoms with van der Waals surface area (Å²) < 4.78 is 43.5. The molecule has 0 spiro atoms. The van der Waals surface area contributed by atoms with Crippen molar-refractivity contribution < 1.29 is 41.3 Å². The van der Waals surface area contributed by atoms with Crippen LogP contribution in [0.1, 0.15) is 77.6 Å². The number of rotatable bonds is 7. The second-order valence-electron chi connectivity index (χ2n) is 12.4. The summed E-state index contributed by atoms with van der Waals surface area (Å²) in [5, 5.41) is 5.59. The highest BCUT2D eigenvalue weighted by atomic mass is 79.9. The fraction of sp³-hybridized carbons (Fsp3) is 0.625. The van der Waals surface area contributed by atoms with Crippen LogP contribution in [0, 0.1) is 5.92 Å². The molecule has 2 heterocycles.